The van der Waals surface area contributed by atoms with E-state index in [1.807, 2.05) is 29.2 Å². The molecular formula is C24H29N2O4+. The maximum Gasteiger partial charge on any atom is 0.246 e. The largest absolute Gasteiger partial charge is 0.497 e. The van der Waals surface area contributed by atoms with Crippen LogP contribution in [-0.2, 0) is 17.8 Å². The first-order valence-corrected chi connectivity index (χ1v) is 10.4. The molecule has 1 saturated heterocycles. The van der Waals surface area contributed by atoms with E-state index < -0.39 is 0 Å². The quantitative estimate of drug-likeness (QED) is 0.736. The molecule has 2 heterocycles. The average Bonchev–Trinajstić information content (AvgIpc) is 3.25. The Morgan fingerprint density at radius 2 is 1.97 bits per heavy atom. The summed E-state index contributed by atoms with van der Waals surface area (Å²) in [5, 5.41) is 0. The molecule has 0 saturated carbocycles. The van der Waals surface area contributed by atoms with Gasteiger partial charge in [0.25, 0.3) is 0 Å². The fourth-order valence-corrected chi connectivity index (χ4v) is 4.08. The van der Waals surface area contributed by atoms with Crippen molar-refractivity contribution in [2.75, 3.05) is 47.0 Å². The number of carbonyl (C=O) groups excluding carboxylic acids is 1. The van der Waals surface area contributed by atoms with Crippen LogP contribution in [0.25, 0.3) is 6.08 Å². The normalized spacial score (nSPS) is 16.4. The number of hydrogen-bond donors (Lipinski definition) is 1. The third-order valence-corrected chi connectivity index (χ3v) is 5.84. The van der Waals surface area contributed by atoms with Crippen molar-refractivity contribution in [1.82, 2.24) is 4.90 Å². The Labute approximate surface area is 177 Å². The highest BCUT2D eigenvalue weighted by Gasteiger charge is 2.23. The second-order valence-electron chi connectivity index (χ2n) is 7.73. The lowest BCUT2D eigenvalue weighted by molar-refractivity contribution is -0.917. The average molecular weight is 410 g/mol. The summed E-state index contributed by atoms with van der Waals surface area (Å²) in [4.78, 5) is 16.1. The molecule has 2 aromatic rings. The molecule has 0 spiro atoms. The number of nitrogens with one attached hydrogen (secondary N) is 1. The molecule has 6 heteroatoms. The molecular weight excluding hydrogens is 380 g/mol. The zero-order valence-electron chi connectivity index (χ0n) is 17.6. The maximum atomic E-state index is 12.6. The van der Waals surface area contributed by atoms with Gasteiger partial charge in [0.05, 0.1) is 47.0 Å². The summed E-state index contributed by atoms with van der Waals surface area (Å²) in [7, 11) is 3.23. The number of benzene rings is 2. The van der Waals surface area contributed by atoms with Gasteiger partial charge in [0, 0.05) is 29.7 Å². The molecule has 0 atom stereocenters. The predicted molar refractivity (Wildman–Crippen MR) is 115 cm³/mol. The highest BCUT2D eigenvalue weighted by atomic mass is 16.5. The van der Waals surface area contributed by atoms with Crippen LogP contribution in [-0.4, -0.2) is 57.8 Å². The van der Waals surface area contributed by atoms with Crippen LogP contribution >= 0.6 is 0 Å². The van der Waals surface area contributed by atoms with Gasteiger partial charge < -0.3 is 24.0 Å². The Balaban J connectivity index is 1.30. The van der Waals surface area contributed by atoms with Crippen LogP contribution in [0.2, 0.25) is 0 Å². The van der Waals surface area contributed by atoms with Crippen molar-refractivity contribution in [3.05, 3.63) is 59.2 Å². The number of fused-ring (bicyclic) bond motifs is 1. The molecule has 2 aliphatic rings. The number of piperazine rings is 1. The summed E-state index contributed by atoms with van der Waals surface area (Å²) in [6.45, 7) is 5.24. The lowest BCUT2D eigenvalue weighted by Crippen LogP contribution is -3.13. The predicted octanol–water partition coefficient (Wildman–Crippen LogP) is 1.58. The fourth-order valence-electron chi connectivity index (χ4n) is 4.08. The number of ether oxygens (including phenoxy) is 3. The van der Waals surface area contributed by atoms with Crippen molar-refractivity contribution in [2.24, 2.45) is 0 Å². The van der Waals surface area contributed by atoms with E-state index in [-0.39, 0.29) is 5.91 Å². The first-order valence-electron chi connectivity index (χ1n) is 10.4. The highest BCUT2D eigenvalue weighted by molar-refractivity contribution is 5.92. The number of carbonyl (C=O) groups is 1. The minimum absolute atomic E-state index is 0.0431. The molecule has 0 aromatic heterocycles. The van der Waals surface area contributed by atoms with Crippen molar-refractivity contribution in [1.29, 1.82) is 0 Å². The van der Waals surface area contributed by atoms with Crippen LogP contribution in [0, 0.1) is 0 Å². The third-order valence-electron chi connectivity index (χ3n) is 5.84. The van der Waals surface area contributed by atoms with Crippen LogP contribution < -0.4 is 19.1 Å². The van der Waals surface area contributed by atoms with Crippen LogP contribution in [0.4, 0.5) is 0 Å². The minimum atomic E-state index is 0.0431. The summed E-state index contributed by atoms with van der Waals surface area (Å²) in [5.74, 6) is 2.49. The zero-order chi connectivity index (χ0) is 20.9. The molecule has 1 fully saturated rings. The van der Waals surface area contributed by atoms with Gasteiger partial charge in [-0.3, -0.25) is 4.79 Å². The Kier molecular flexibility index (Phi) is 6.23. The molecule has 158 valence electrons. The molecule has 30 heavy (non-hydrogen) atoms. The zero-order valence-corrected chi connectivity index (χ0v) is 17.6. The molecule has 4 rings (SSSR count). The van der Waals surface area contributed by atoms with Crippen molar-refractivity contribution >= 4 is 12.0 Å². The van der Waals surface area contributed by atoms with E-state index in [1.165, 1.54) is 16.0 Å². The molecule has 0 unspecified atom stereocenters. The molecule has 1 amide bonds. The minimum Gasteiger partial charge on any atom is -0.497 e. The Morgan fingerprint density at radius 3 is 2.73 bits per heavy atom. The molecule has 0 radical (unpaired) electrons. The first kappa shape index (κ1) is 20.3. The van der Waals surface area contributed by atoms with Crippen molar-refractivity contribution in [3.63, 3.8) is 0 Å². The van der Waals surface area contributed by atoms with Gasteiger partial charge in [0.2, 0.25) is 5.91 Å². The SMILES string of the molecule is COc1ccc(/C=C/C(=O)N2CC[NH+](Cc3ccc4c(c3)CCO4)CC2)c(OC)c1. The third kappa shape index (κ3) is 4.60. The fraction of sp³-hybridized carbons (Fsp3) is 0.375. The topological polar surface area (TPSA) is 52.4 Å². The second kappa shape index (κ2) is 9.22. The summed E-state index contributed by atoms with van der Waals surface area (Å²) < 4.78 is 16.2. The molecule has 1 N–H and O–H groups in total. The Hall–Kier alpha value is -2.99. The highest BCUT2D eigenvalue weighted by Crippen LogP contribution is 2.26. The lowest BCUT2D eigenvalue weighted by Gasteiger charge is -2.31. The Morgan fingerprint density at radius 1 is 1.13 bits per heavy atom. The monoisotopic (exact) mass is 409 g/mol. The first-order chi connectivity index (χ1) is 14.7. The molecule has 0 aliphatic carbocycles. The number of rotatable bonds is 6. The number of nitrogens with zero attached hydrogens (tertiary/aromatic N) is 1. The van der Waals surface area contributed by atoms with E-state index in [1.54, 1.807) is 20.3 Å². The van der Waals surface area contributed by atoms with Crippen molar-refractivity contribution in [3.8, 4) is 17.2 Å². The van der Waals surface area contributed by atoms with Gasteiger partial charge in [-0.05, 0) is 42.0 Å². The van der Waals surface area contributed by atoms with Gasteiger partial charge in [-0.25, -0.2) is 0 Å². The standard InChI is InChI=1S/C24H28N2O4/c1-28-21-6-4-19(23(16-21)29-2)5-8-24(27)26-12-10-25(11-13-26)17-18-3-7-22-20(15-18)9-14-30-22/h3-8,15-16H,9-14,17H2,1-2H3/p+1/b8-5+. The number of amides is 1. The molecule has 2 aromatic carbocycles. The van der Waals surface area contributed by atoms with Crippen LogP contribution in [0.15, 0.2) is 42.5 Å². The van der Waals surface area contributed by atoms with Crippen LogP contribution in [0.1, 0.15) is 16.7 Å². The summed E-state index contributed by atoms with van der Waals surface area (Å²) >= 11 is 0. The second-order valence-corrected chi connectivity index (χ2v) is 7.73. The van der Waals surface area contributed by atoms with Crippen LogP contribution in [0.3, 0.4) is 0 Å². The van der Waals surface area contributed by atoms with E-state index >= 15 is 0 Å². The number of quaternary nitrogens is 1. The molecule has 6 nitrogen and oxygen atoms in total. The smallest absolute Gasteiger partial charge is 0.246 e. The van der Waals surface area contributed by atoms with Crippen LogP contribution in [0.5, 0.6) is 17.2 Å². The molecule has 0 bridgehead atoms. The van der Waals surface area contributed by atoms with Gasteiger partial charge in [0.1, 0.15) is 23.8 Å². The van der Waals surface area contributed by atoms with Gasteiger partial charge >= 0.3 is 0 Å². The van der Waals surface area contributed by atoms with Gasteiger partial charge in [-0.2, -0.15) is 0 Å². The van der Waals surface area contributed by atoms with Crippen molar-refractivity contribution < 1.29 is 23.9 Å². The number of methoxy groups -OCH3 is 2. The van der Waals surface area contributed by atoms with Gasteiger partial charge in [-0.15, -0.1) is 0 Å². The van der Waals surface area contributed by atoms with Gasteiger partial charge in [0.15, 0.2) is 0 Å². The van der Waals surface area contributed by atoms with E-state index in [0.29, 0.717) is 5.75 Å². The van der Waals surface area contributed by atoms with E-state index in [2.05, 4.69) is 18.2 Å². The summed E-state index contributed by atoms with van der Waals surface area (Å²) in [5.41, 5.74) is 3.52. The Bertz CT molecular complexity index is 933. The van der Waals surface area contributed by atoms with Crippen molar-refractivity contribution in [2.45, 2.75) is 13.0 Å². The lowest BCUT2D eigenvalue weighted by atomic mass is 10.1. The summed E-state index contributed by atoms with van der Waals surface area (Å²) in [6, 6.07) is 12.1. The van der Waals surface area contributed by atoms with Gasteiger partial charge in [-0.1, -0.05) is 0 Å². The molecule has 2 aliphatic heterocycles. The van der Waals surface area contributed by atoms with E-state index in [0.717, 1.165) is 62.8 Å². The summed E-state index contributed by atoms with van der Waals surface area (Å²) in [6.07, 6.45) is 4.45. The maximum absolute atomic E-state index is 12.6. The number of hydrogen-bond acceptors (Lipinski definition) is 4. The van der Waals surface area contributed by atoms with E-state index in [9.17, 15) is 4.79 Å². The van der Waals surface area contributed by atoms with E-state index in [4.69, 9.17) is 14.2 Å².